The van der Waals surface area contributed by atoms with Gasteiger partial charge in [-0.15, -0.1) is 0 Å². The van der Waals surface area contributed by atoms with Crippen molar-refractivity contribution in [1.82, 2.24) is 0 Å². The molecule has 1 N–H and O–H groups in total. The molecule has 0 spiro atoms. The first-order valence-electron chi connectivity index (χ1n) is 9.46. The van der Waals surface area contributed by atoms with E-state index in [0.29, 0.717) is 6.42 Å². The van der Waals surface area contributed by atoms with Crippen LogP contribution >= 0.6 is 0 Å². The Morgan fingerprint density at radius 3 is 2.85 bits per heavy atom. The molecule has 2 bridgehead atoms. The minimum Gasteiger partial charge on any atom is -0.457 e. The summed E-state index contributed by atoms with van der Waals surface area (Å²) in [4.78, 5) is 12.6. The Balaban J connectivity index is 1.84. The summed E-state index contributed by atoms with van der Waals surface area (Å²) in [6.45, 7) is 13.8. The molecule has 0 radical (unpaired) electrons. The van der Waals surface area contributed by atoms with Crippen molar-refractivity contribution in [3.8, 4) is 0 Å². The molecule has 7 unspecified atom stereocenters. The number of rotatable bonds is 2. The van der Waals surface area contributed by atoms with Gasteiger partial charge in [0, 0.05) is 11.8 Å². The van der Waals surface area contributed by atoms with Crippen molar-refractivity contribution < 1.29 is 24.1 Å². The lowest BCUT2D eigenvalue weighted by atomic mass is 9.83. The number of epoxide rings is 1. The van der Waals surface area contributed by atoms with Crippen LogP contribution in [-0.2, 0) is 19.0 Å². The highest BCUT2D eigenvalue weighted by molar-refractivity contribution is 5.71. The van der Waals surface area contributed by atoms with Gasteiger partial charge in [0.25, 0.3) is 0 Å². The average Bonchev–Trinajstić information content (AvgIpc) is 3.33. The summed E-state index contributed by atoms with van der Waals surface area (Å²) in [5.74, 6) is -2.45. The smallest absolute Gasteiger partial charge is 0.311 e. The molecule has 144 valence electrons. The summed E-state index contributed by atoms with van der Waals surface area (Å²) >= 11 is 0. The average molecular weight is 362 g/mol. The number of allylic oxidation sites excluding steroid dienone is 1. The van der Waals surface area contributed by atoms with Crippen molar-refractivity contribution in [3.63, 3.8) is 0 Å². The first kappa shape index (κ1) is 19.3. The number of aliphatic hydroxyl groups is 1. The van der Waals surface area contributed by atoms with Crippen molar-refractivity contribution in [2.45, 2.75) is 76.7 Å². The van der Waals surface area contributed by atoms with Gasteiger partial charge >= 0.3 is 5.97 Å². The van der Waals surface area contributed by atoms with E-state index in [2.05, 4.69) is 13.2 Å². The van der Waals surface area contributed by atoms with Crippen LogP contribution in [0.25, 0.3) is 0 Å². The van der Waals surface area contributed by atoms with E-state index in [1.165, 1.54) is 0 Å². The van der Waals surface area contributed by atoms with Crippen molar-refractivity contribution in [2.24, 2.45) is 11.8 Å². The second kappa shape index (κ2) is 7.29. The Bertz CT molecular complexity index is 624. The third-order valence-corrected chi connectivity index (χ3v) is 5.97. The van der Waals surface area contributed by atoms with Crippen LogP contribution in [0, 0.1) is 11.8 Å². The summed E-state index contributed by atoms with van der Waals surface area (Å²) in [6.07, 6.45) is 5.51. The highest BCUT2D eigenvalue weighted by atomic mass is 16.7. The van der Waals surface area contributed by atoms with Gasteiger partial charge < -0.3 is 19.3 Å². The number of hydrogen-bond donors (Lipinski definition) is 1. The van der Waals surface area contributed by atoms with E-state index in [4.69, 9.17) is 14.2 Å². The van der Waals surface area contributed by atoms with Crippen molar-refractivity contribution in [3.05, 3.63) is 36.5 Å². The lowest BCUT2D eigenvalue weighted by Crippen LogP contribution is -2.51. The fraction of sp³-hybridized carbons (Fsp3) is 0.667. The standard InChI is InChI=1S/C21H30O5/c1-12(2)14(4)16-8-6-7-9-17-20(25-17)18-10-13(3)15(5)21(23,26-18)11-19(22)24-16/h6,8,14-18,20,23H,1,3,7,9-11H2,2,4-5H3. The third-order valence-electron chi connectivity index (χ3n) is 5.97. The number of esters is 1. The molecule has 7 atom stereocenters. The van der Waals surface area contributed by atoms with Gasteiger partial charge in [-0.05, 0) is 32.3 Å². The van der Waals surface area contributed by atoms with E-state index in [9.17, 15) is 9.90 Å². The van der Waals surface area contributed by atoms with Gasteiger partial charge in [-0.2, -0.15) is 0 Å². The van der Waals surface area contributed by atoms with Gasteiger partial charge in [0.1, 0.15) is 18.6 Å². The van der Waals surface area contributed by atoms with Crippen LogP contribution in [-0.4, -0.2) is 41.3 Å². The summed E-state index contributed by atoms with van der Waals surface area (Å²) in [6, 6.07) is 0. The molecule has 3 aliphatic rings. The maximum atomic E-state index is 12.6. The molecule has 3 aliphatic heterocycles. The van der Waals surface area contributed by atoms with E-state index < -0.39 is 17.9 Å². The quantitative estimate of drug-likeness (QED) is 0.464. The highest BCUT2D eigenvalue weighted by Gasteiger charge is 2.53. The van der Waals surface area contributed by atoms with Crippen LogP contribution in [0.5, 0.6) is 0 Å². The third kappa shape index (κ3) is 3.95. The predicted molar refractivity (Wildman–Crippen MR) is 98.3 cm³/mol. The van der Waals surface area contributed by atoms with Gasteiger partial charge in [0.05, 0.1) is 12.2 Å². The first-order chi connectivity index (χ1) is 12.2. The molecule has 3 rings (SSSR count). The number of cyclic esters (lactones) is 1. The Labute approximate surface area is 155 Å². The highest BCUT2D eigenvalue weighted by Crippen LogP contribution is 2.44. The zero-order chi connectivity index (χ0) is 19.1. The fourth-order valence-corrected chi connectivity index (χ4v) is 3.73. The molecule has 0 amide bonds. The van der Waals surface area contributed by atoms with E-state index in [0.717, 1.165) is 24.0 Å². The van der Waals surface area contributed by atoms with Gasteiger partial charge in [0.2, 0.25) is 0 Å². The molecule has 5 nitrogen and oxygen atoms in total. The topological polar surface area (TPSA) is 68.3 Å². The van der Waals surface area contributed by atoms with Crippen LogP contribution in [0.15, 0.2) is 36.5 Å². The Morgan fingerprint density at radius 2 is 2.15 bits per heavy atom. The molecule has 0 aromatic rings. The summed E-state index contributed by atoms with van der Waals surface area (Å²) < 4.78 is 17.4. The molecule has 0 aliphatic carbocycles. The van der Waals surface area contributed by atoms with Crippen molar-refractivity contribution in [2.75, 3.05) is 0 Å². The normalized spacial score (nSPS) is 41.8. The fourth-order valence-electron chi connectivity index (χ4n) is 3.73. The Kier molecular flexibility index (Phi) is 5.42. The molecule has 26 heavy (non-hydrogen) atoms. The Morgan fingerprint density at radius 1 is 1.42 bits per heavy atom. The second-order valence-corrected chi connectivity index (χ2v) is 8.00. The SMILES string of the molecule is C=C(C)C(C)C1C=CCCC2OC2C2CC(=C)C(C)C(O)(CC(=O)O1)O2. The lowest BCUT2D eigenvalue weighted by Gasteiger charge is -2.42. The van der Waals surface area contributed by atoms with Crippen LogP contribution in [0.3, 0.4) is 0 Å². The number of carbonyl (C=O) groups is 1. The van der Waals surface area contributed by atoms with Gasteiger partial charge in [-0.1, -0.05) is 44.2 Å². The molecule has 2 saturated heterocycles. The van der Waals surface area contributed by atoms with E-state index >= 15 is 0 Å². The van der Waals surface area contributed by atoms with Crippen LogP contribution in [0.2, 0.25) is 0 Å². The maximum Gasteiger partial charge on any atom is 0.311 e. The predicted octanol–water partition coefficient (Wildman–Crippen LogP) is 3.29. The molecular formula is C21H30O5. The number of hydrogen-bond acceptors (Lipinski definition) is 5. The number of carbonyl (C=O) groups excluding carboxylic acids is 1. The zero-order valence-electron chi connectivity index (χ0n) is 15.9. The molecule has 3 heterocycles. The van der Waals surface area contributed by atoms with Gasteiger partial charge in [-0.25, -0.2) is 0 Å². The first-order valence-corrected chi connectivity index (χ1v) is 9.46. The van der Waals surface area contributed by atoms with Crippen LogP contribution in [0.1, 0.15) is 46.5 Å². The Hall–Kier alpha value is -1.43. The minimum atomic E-state index is -1.61. The summed E-state index contributed by atoms with van der Waals surface area (Å²) in [7, 11) is 0. The molecule has 0 saturated carbocycles. The summed E-state index contributed by atoms with van der Waals surface area (Å²) in [5.41, 5.74) is 1.82. The largest absolute Gasteiger partial charge is 0.457 e. The monoisotopic (exact) mass is 362 g/mol. The maximum absolute atomic E-state index is 12.6. The van der Waals surface area contributed by atoms with Crippen molar-refractivity contribution >= 4 is 5.97 Å². The molecule has 0 aromatic carbocycles. The molecule has 2 fully saturated rings. The van der Waals surface area contributed by atoms with Gasteiger partial charge in [0.15, 0.2) is 5.79 Å². The molecule has 5 heteroatoms. The molecular weight excluding hydrogens is 332 g/mol. The summed E-state index contributed by atoms with van der Waals surface area (Å²) in [5, 5.41) is 11.1. The molecule has 0 aromatic heterocycles. The van der Waals surface area contributed by atoms with E-state index in [-0.39, 0.29) is 36.6 Å². The minimum absolute atomic E-state index is 0.00712. The number of ether oxygens (including phenoxy) is 3. The van der Waals surface area contributed by atoms with Crippen molar-refractivity contribution in [1.29, 1.82) is 0 Å². The number of fused-ring (bicyclic) bond motifs is 4. The second-order valence-electron chi connectivity index (χ2n) is 8.00. The van der Waals surface area contributed by atoms with E-state index in [1.54, 1.807) is 0 Å². The van der Waals surface area contributed by atoms with Crippen LogP contribution < -0.4 is 0 Å². The van der Waals surface area contributed by atoms with Gasteiger partial charge in [-0.3, -0.25) is 4.79 Å². The lowest BCUT2D eigenvalue weighted by molar-refractivity contribution is -0.271. The zero-order valence-corrected chi connectivity index (χ0v) is 15.9. The van der Waals surface area contributed by atoms with Crippen LogP contribution in [0.4, 0.5) is 0 Å². The van der Waals surface area contributed by atoms with E-state index in [1.807, 2.05) is 32.9 Å².